The summed E-state index contributed by atoms with van der Waals surface area (Å²) < 4.78 is 5.44. The van der Waals surface area contributed by atoms with Crippen LogP contribution in [0.4, 0.5) is 0 Å². The van der Waals surface area contributed by atoms with Crippen LogP contribution in [0.3, 0.4) is 0 Å². The fraction of sp³-hybridized carbons (Fsp3) is 0.923. The highest BCUT2D eigenvalue weighted by atomic mass is 16.5. The third-order valence-corrected chi connectivity index (χ3v) is 12.1. The van der Waals surface area contributed by atoms with Gasteiger partial charge in [0.15, 0.2) is 0 Å². The van der Waals surface area contributed by atoms with E-state index >= 15 is 0 Å². The van der Waals surface area contributed by atoms with Gasteiger partial charge in [0.2, 0.25) is 5.91 Å². The molecule has 0 aromatic heterocycles. The zero-order valence-electron chi connectivity index (χ0n) is 39.0. The van der Waals surface area contributed by atoms with Crippen LogP contribution in [-0.2, 0) is 14.3 Å². The minimum absolute atomic E-state index is 0.00693. The summed E-state index contributed by atoms with van der Waals surface area (Å²) in [5, 5.41) is 23.1. The number of aliphatic hydroxyl groups is 2. The molecule has 0 aliphatic carbocycles. The second-order valence-electron chi connectivity index (χ2n) is 17.9. The largest absolute Gasteiger partial charge is 0.466 e. The van der Waals surface area contributed by atoms with E-state index in [1.165, 1.54) is 199 Å². The molecule has 0 aliphatic heterocycles. The Balaban J connectivity index is 3.49. The maximum absolute atomic E-state index is 12.4. The summed E-state index contributed by atoms with van der Waals surface area (Å²) in [6.45, 7) is 4.88. The van der Waals surface area contributed by atoms with Gasteiger partial charge < -0.3 is 20.3 Å². The van der Waals surface area contributed by atoms with Crippen molar-refractivity contribution in [1.82, 2.24) is 5.32 Å². The lowest BCUT2D eigenvalue weighted by molar-refractivity contribution is -0.143. The Hall–Kier alpha value is -1.40. The van der Waals surface area contributed by atoms with E-state index in [2.05, 4.69) is 19.2 Å². The number of hydrogen-bond acceptors (Lipinski definition) is 5. The normalized spacial score (nSPS) is 12.7. The number of unbranched alkanes of at least 4 members (excludes halogenated alkanes) is 37. The second-order valence-corrected chi connectivity index (χ2v) is 17.9. The van der Waals surface area contributed by atoms with Crippen LogP contribution in [0.15, 0.2) is 12.2 Å². The van der Waals surface area contributed by atoms with E-state index in [1.54, 1.807) is 6.08 Å². The molecule has 0 aromatic rings. The van der Waals surface area contributed by atoms with Crippen LogP contribution in [0, 0.1) is 0 Å². The molecule has 0 bridgehead atoms. The minimum atomic E-state index is -0.851. The monoisotopic (exact) mass is 820 g/mol. The molecule has 0 saturated heterocycles. The number of aliphatic hydroxyl groups excluding tert-OH is 2. The van der Waals surface area contributed by atoms with Gasteiger partial charge in [0.05, 0.1) is 25.4 Å². The average Bonchev–Trinajstić information content (AvgIpc) is 3.22. The highest BCUT2D eigenvalue weighted by Gasteiger charge is 2.18. The van der Waals surface area contributed by atoms with Crippen LogP contribution in [0.2, 0.25) is 0 Å². The second kappa shape index (κ2) is 48.3. The van der Waals surface area contributed by atoms with E-state index in [1.807, 2.05) is 6.08 Å². The standard InChI is InChI=1S/C52H101NO5/c1-3-5-7-9-11-13-15-16-17-18-19-21-25-28-32-36-40-44-50(55)49(48-54)53-51(56)45-41-37-33-29-26-22-20-23-27-31-35-39-43-47-58-52(57)46-42-38-34-30-24-14-12-10-8-6-4-2/h40,44,49-50,54-55H,3-39,41-43,45-48H2,1-2H3,(H,53,56)/b44-40+. The molecule has 2 atom stereocenters. The summed E-state index contributed by atoms with van der Waals surface area (Å²) in [4.78, 5) is 24.4. The summed E-state index contributed by atoms with van der Waals surface area (Å²) in [6, 6.07) is -0.636. The predicted molar refractivity (Wildman–Crippen MR) is 250 cm³/mol. The lowest BCUT2D eigenvalue weighted by atomic mass is 10.0. The van der Waals surface area contributed by atoms with Gasteiger partial charge >= 0.3 is 5.97 Å². The molecular formula is C52H101NO5. The number of amides is 1. The first-order valence-electron chi connectivity index (χ1n) is 26.0. The number of esters is 1. The number of hydrogen-bond donors (Lipinski definition) is 3. The van der Waals surface area contributed by atoms with Gasteiger partial charge in [-0.2, -0.15) is 0 Å². The molecule has 0 spiro atoms. The van der Waals surface area contributed by atoms with Crippen molar-refractivity contribution in [2.24, 2.45) is 0 Å². The molecule has 6 nitrogen and oxygen atoms in total. The van der Waals surface area contributed by atoms with Gasteiger partial charge in [-0.15, -0.1) is 0 Å². The first kappa shape index (κ1) is 56.6. The molecule has 3 N–H and O–H groups in total. The molecular weight excluding hydrogens is 719 g/mol. The molecule has 1 amide bonds. The molecule has 58 heavy (non-hydrogen) atoms. The van der Waals surface area contributed by atoms with Crippen molar-refractivity contribution in [3.8, 4) is 0 Å². The van der Waals surface area contributed by atoms with Crippen LogP contribution >= 0.6 is 0 Å². The first-order valence-corrected chi connectivity index (χ1v) is 26.0. The van der Waals surface area contributed by atoms with E-state index in [0.29, 0.717) is 19.4 Å². The van der Waals surface area contributed by atoms with Crippen LogP contribution in [0.5, 0.6) is 0 Å². The number of allylic oxidation sites excluding steroid dienone is 1. The Morgan fingerprint density at radius 1 is 0.466 bits per heavy atom. The number of nitrogens with one attached hydrogen (secondary N) is 1. The van der Waals surface area contributed by atoms with E-state index in [-0.39, 0.29) is 18.5 Å². The molecule has 6 heteroatoms. The Bertz CT molecular complexity index is 863. The van der Waals surface area contributed by atoms with Gasteiger partial charge in [0.1, 0.15) is 0 Å². The van der Waals surface area contributed by atoms with Crippen molar-refractivity contribution in [2.45, 2.75) is 296 Å². The Kier molecular flexibility index (Phi) is 47.1. The third kappa shape index (κ3) is 44.2. The highest BCUT2D eigenvalue weighted by molar-refractivity contribution is 5.76. The van der Waals surface area contributed by atoms with Crippen LogP contribution in [0.1, 0.15) is 284 Å². The SMILES string of the molecule is CCCCCCCCCCCCCCCCC/C=C/C(O)C(CO)NC(=O)CCCCCCCCCCCCCCCOC(=O)CCCCCCCCCCCCC. The lowest BCUT2D eigenvalue weighted by Gasteiger charge is -2.20. The van der Waals surface area contributed by atoms with Crippen molar-refractivity contribution in [1.29, 1.82) is 0 Å². The van der Waals surface area contributed by atoms with Gasteiger partial charge in [-0.3, -0.25) is 9.59 Å². The number of carbonyl (C=O) groups excluding carboxylic acids is 2. The summed E-state index contributed by atoms with van der Waals surface area (Å²) in [7, 11) is 0. The van der Waals surface area contributed by atoms with Gasteiger partial charge in [-0.05, 0) is 32.1 Å². The first-order chi connectivity index (χ1) is 28.5. The van der Waals surface area contributed by atoms with E-state index in [4.69, 9.17) is 4.74 Å². The van der Waals surface area contributed by atoms with Crippen molar-refractivity contribution in [3.05, 3.63) is 12.2 Å². The number of rotatable bonds is 48. The van der Waals surface area contributed by atoms with Crippen LogP contribution < -0.4 is 5.32 Å². The zero-order chi connectivity index (χ0) is 42.3. The topological polar surface area (TPSA) is 95.9 Å². The van der Waals surface area contributed by atoms with Gasteiger partial charge in [0.25, 0.3) is 0 Å². The van der Waals surface area contributed by atoms with Crippen LogP contribution in [0.25, 0.3) is 0 Å². The lowest BCUT2D eigenvalue weighted by Crippen LogP contribution is -2.45. The molecule has 0 aliphatic rings. The Morgan fingerprint density at radius 3 is 1.17 bits per heavy atom. The third-order valence-electron chi connectivity index (χ3n) is 12.1. The quantitative estimate of drug-likeness (QED) is 0.0323. The summed E-state index contributed by atoms with van der Waals surface area (Å²) in [5.41, 5.74) is 0. The Labute approximate surface area is 361 Å². The molecule has 0 rings (SSSR count). The van der Waals surface area contributed by atoms with E-state index < -0.39 is 12.1 Å². The smallest absolute Gasteiger partial charge is 0.305 e. The molecule has 0 heterocycles. The summed E-state index contributed by atoms with van der Waals surface area (Å²) >= 11 is 0. The molecule has 0 aromatic carbocycles. The van der Waals surface area contributed by atoms with Gasteiger partial charge in [0, 0.05) is 12.8 Å². The fourth-order valence-electron chi connectivity index (χ4n) is 8.05. The van der Waals surface area contributed by atoms with Crippen LogP contribution in [-0.4, -0.2) is 47.4 Å². The van der Waals surface area contributed by atoms with Crippen molar-refractivity contribution >= 4 is 11.9 Å². The molecule has 0 radical (unpaired) electrons. The zero-order valence-corrected chi connectivity index (χ0v) is 39.0. The average molecular weight is 820 g/mol. The summed E-state index contributed by atoms with van der Waals surface area (Å²) in [6.07, 6.45) is 54.9. The highest BCUT2D eigenvalue weighted by Crippen LogP contribution is 2.16. The maximum atomic E-state index is 12.4. The minimum Gasteiger partial charge on any atom is -0.466 e. The van der Waals surface area contributed by atoms with Crippen molar-refractivity contribution in [3.63, 3.8) is 0 Å². The number of carbonyl (C=O) groups is 2. The molecule has 344 valence electrons. The number of ether oxygens (including phenoxy) is 1. The summed E-state index contributed by atoms with van der Waals surface area (Å²) in [5.74, 6) is -0.0859. The Morgan fingerprint density at radius 2 is 0.793 bits per heavy atom. The predicted octanol–water partition coefficient (Wildman–Crippen LogP) is 15.3. The van der Waals surface area contributed by atoms with Gasteiger partial charge in [-0.1, -0.05) is 251 Å². The van der Waals surface area contributed by atoms with E-state index in [0.717, 1.165) is 57.8 Å². The van der Waals surface area contributed by atoms with E-state index in [9.17, 15) is 19.8 Å². The molecule has 0 fully saturated rings. The molecule has 0 saturated carbocycles. The maximum Gasteiger partial charge on any atom is 0.305 e. The molecule has 2 unspecified atom stereocenters. The fourth-order valence-corrected chi connectivity index (χ4v) is 8.05. The van der Waals surface area contributed by atoms with Crippen molar-refractivity contribution < 1.29 is 24.5 Å². The van der Waals surface area contributed by atoms with Crippen molar-refractivity contribution in [2.75, 3.05) is 13.2 Å². The van der Waals surface area contributed by atoms with Gasteiger partial charge in [-0.25, -0.2) is 0 Å².